The minimum Gasteiger partial charge on any atom is -0.478 e. The van der Waals surface area contributed by atoms with Crippen LogP contribution in [0.5, 0.6) is 0 Å². The summed E-state index contributed by atoms with van der Waals surface area (Å²) in [6.07, 6.45) is -6.23. The Morgan fingerprint density at radius 1 is 1.48 bits per heavy atom. The molecule has 1 unspecified atom stereocenters. The molecule has 0 saturated heterocycles. The molecule has 9 heteroatoms. The summed E-state index contributed by atoms with van der Waals surface area (Å²) >= 11 is 5.85. The second kappa shape index (κ2) is 6.59. The van der Waals surface area contributed by atoms with Gasteiger partial charge in [0.05, 0.1) is 11.4 Å². The van der Waals surface area contributed by atoms with Crippen LogP contribution in [0, 0.1) is 6.92 Å². The Morgan fingerprint density at radius 3 is 2.52 bits per heavy atom. The highest BCUT2D eigenvalue weighted by Crippen LogP contribution is 2.35. The largest absolute Gasteiger partial charge is 0.478 e. The van der Waals surface area contributed by atoms with Crippen LogP contribution in [0.15, 0.2) is 29.3 Å². The smallest absolute Gasteiger partial charge is 0.422 e. The Bertz CT molecular complexity index is 674. The Balaban J connectivity index is 3.23. The maximum Gasteiger partial charge on any atom is 0.422 e. The first-order valence-corrected chi connectivity index (χ1v) is 6.56. The van der Waals surface area contributed by atoms with Crippen molar-refractivity contribution in [1.29, 1.82) is 0 Å². The first kappa shape index (κ1) is 19.0. The van der Waals surface area contributed by atoms with Crippen LogP contribution in [-0.4, -0.2) is 34.2 Å². The molecule has 0 aromatic heterocycles. The first-order chi connectivity index (χ1) is 10.4. The highest BCUT2D eigenvalue weighted by molar-refractivity contribution is 6.31. The molecule has 0 heterocycles. The van der Waals surface area contributed by atoms with Gasteiger partial charge in [0, 0.05) is 23.2 Å². The standard InChI is InChI=1S/C14H14ClF3N2O3/c1-7-3-10(19)11(4-9(7)15)20-6-13(23,14(16,17)18)5-8(2)12(21)22/h3-4,6,23H,2,5,19H2,1H3,(H,21,22). The summed E-state index contributed by atoms with van der Waals surface area (Å²) in [5.74, 6) is -1.65. The number of nitrogens with two attached hydrogens (primary N) is 1. The molecule has 0 aliphatic carbocycles. The normalized spacial score (nSPS) is 14.7. The quantitative estimate of drug-likeness (QED) is 0.431. The highest BCUT2D eigenvalue weighted by Gasteiger charge is 2.53. The summed E-state index contributed by atoms with van der Waals surface area (Å²) in [6.45, 7) is 4.63. The molecule has 0 bridgehead atoms. The van der Waals surface area contributed by atoms with Gasteiger partial charge in [-0.1, -0.05) is 18.2 Å². The number of anilines is 1. The second-order valence-corrected chi connectivity index (χ2v) is 5.33. The number of hydrogen-bond acceptors (Lipinski definition) is 4. The second-order valence-electron chi connectivity index (χ2n) is 4.93. The van der Waals surface area contributed by atoms with Crippen LogP contribution in [0.3, 0.4) is 0 Å². The van der Waals surface area contributed by atoms with E-state index in [-0.39, 0.29) is 22.6 Å². The molecule has 1 aromatic rings. The number of aliphatic hydroxyl groups is 1. The molecule has 126 valence electrons. The number of aryl methyl sites for hydroxylation is 1. The lowest BCUT2D eigenvalue weighted by Gasteiger charge is -2.26. The lowest BCUT2D eigenvalue weighted by Crippen LogP contribution is -2.47. The summed E-state index contributed by atoms with van der Waals surface area (Å²) in [4.78, 5) is 14.2. The average molecular weight is 351 g/mol. The first-order valence-electron chi connectivity index (χ1n) is 6.18. The van der Waals surface area contributed by atoms with Gasteiger partial charge in [-0.2, -0.15) is 13.2 Å². The minimum absolute atomic E-state index is 0.0599. The van der Waals surface area contributed by atoms with Gasteiger partial charge in [-0.25, -0.2) is 4.79 Å². The lowest BCUT2D eigenvalue weighted by atomic mass is 9.95. The third kappa shape index (κ3) is 4.46. The van der Waals surface area contributed by atoms with Gasteiger partial charge in [0.1, 0.15) is 0 Å². The fraction of sp³-hybridized carbons (Fsp3) is 0.286. The maximum absolute atomic E-state index is 13.0. The fourth-order valence-electron chi connectivity index (χ4n) is 1.60. The van der Waals surface area contributed by atoms with E-state index < -0.39 is 29.7 Å². The van der Waals surface area contributed by atoms with Crippen LogP contribution in [0.4, 0.5) is 24.5 Å². The van der Waals surface area contributed by atoms with E-state index >= 15 is 0 Å². The molecule has 0 spiro atoms. The van der Waals surface area contributed by atoms with Crippen molar-refractivity contribution in [2.75, 3.05) is 5.73 Å². The third-order valence-electron chi connectivity index (χ3n) is 3.00. The summed E-state index contributed by atoms with van der Waals surface area (Å²) in [5, 5.41) is 18.7. The molecule has 0 fully saturated rings. The van der Waals surface area contributed by atoms with E-state index in [1.165, 1.54) is 12.1 Å². The number of carboxylic acid groups (broad SMARTS) is 1. The number of aliphatic imine (C=N–C) groups is 1. The number of halogens is 4. The predicted molar refractivity (Wildman–Crippen MR) is 81.2 cm³/mol. The molecule has 1 atom stereocenters. The van der Waals surface area contributed by atoms with Crippen LogP contribution in [0.1, 0.15) is 12.0 Å². The van der Waals surface area contributed by atoms with E-state index in [1.807, 2.05) is 0 Å². The zero-order valence-electron chi connectivity index (χ0n) is 12.0. The molecular weight excluding hydrogens is 337 g/mol. The lowest BCUT2D eigenvalue weighted by molar-refractivity contribution is -0.228. The van der Waals surface area contributed by atoms with Gasteiger partial charge >= 0.3 is 12.1 Å². The van der Waals surface area contributed by atoms with Gasteiger partial charge in [0.25, 0.3) is 0 Å². The van der Waals surface area contributed by atoms with Crippen LogP contribution in [-0.2, 0) is 4.79 Å². The molecule has 4 N–H and O–H groups in total. The van der Waals surface area contributed by atoms with Crippen LogP contribution < -0.4 is 5.73 Å². The van der Waals surface area contributed by atoms with E-state index in [0.717, 1.165) is 0 Å². The van der Waals surface area contributed by atoms with Crippen molar-refractivity contribution in [2.24, 2.45) is 4.99 Å². The van der Waals surface area contributed by atoms with E-state index in [1.54, 1.807) is 6.92 Å². The predicted octanol–water partition coefficient (Wildman–Crippen LogP) is 3.26. The minimum atomic E-state index is -5.15. The van der Waals surface area contributed by atoms with Gasteiger partial charge in [0.2, 0.25) is 0 Å². The van der Waals surface area contributed by atoms with E-state index in [9.17, 15) is 23.1 Å². The zero-order valence-corrected chi connectivity index (χ0v) is 12.7. The Morgan fingerprint density at radius 2 is 2.04 bits per heavy atom. The number of alkyl halides is 3. The van der Waals surface area contributed by atoms with Crippen molar-refractivity contribution in [2.45, 2.75) is 25.1 Å². The van der Waals surface area contributed by atoms with Gasteiger partial charge in [-0.15, -0.1) is 0 Å². The molecule has 0 saturated carbocycles. The van der Waals surface area contributed by atoms with Crippen molar-refractivity contribution in [3.05, 3.63) is 34.9 Å². The molecular formula is C14H14ClF3N2O3. The van der Waals surface area contributed by atoms with Gasteiger partial charge < -0.3 is 15.9 Å². The summed E-state index contributed by atoms with van der Waals surface area (Å²) in [6, 6.07) is 2.66. The number of benzene rings is 1. The SMILES string of the molecule is C=C(CC(O)(C=Nc1cc(Cl)c(C)cc1N)C(F)(F)F)C(=O)O. The Kier molecular flexibility index (Phi) is 5.44. The summed E-state index contributed by atoms with van der Waals surface area (Å²) in [7, 11) is 0. The molecule has 1 aromatic carbocycles. The number of carboxylic acids is 1. The average Bonchev–Trinajstić information content (AvgIpc) is 2.40. The van der Waals surface area contributed by atoms with E-state index in [0.29, 0.717) is 5.56 Å². The van der Waals surface area contributed by atoms with Gasteiger partial charge in [0.15, 0.2) is 5.60 Å². The van der Waals surface area contributed by atoms with Crippen LogP contribution >= 0.6 is 11.6 Å². The monoisotopic (exact) mass is 350 g/mol. The van der Waals surface area contributed by atoms with Gasteiger partial charge in [-0.3, -0.25) is 4.99 Å². The summed E-state index contributed by atoms with van der Waals surface area (Å²) < 4.78 is 39.1. The molecule has 23 heavy (non-hydrogen) atoms. The number of hydrogen-bond donors (Lipinski definition) is 3. The third-order valence-corrected chi connectivity index (χ3v) is 3.41. The summed E-state index contributed by atoms with van der Waals surface area (Å²) in [5.41, 5.74) is 1.91. The molecule has 0 aliphatic heterocycles. The van der Waals surface area contributed by atoms with E-state index in [4.69, 9.17) is 22.4 Å². The molecule has 5 nitrogen and oxygen atoms in total. The van der Waals surface area contributed by atoms with Crippen molar-refractivity contribution < 1.29 is 28.2 Å². The Hall–Kier alpha value is -2.06. The maximum atomic E-state index is 13.0. The number of carbonyl (C=O) groups is 1. The van der Waals surface area contributed by atoms with Crippen molar-refractivity contribution in [3.8, 4) is 0 Å². The number of aliphatic carboxylic acids is 1. The van der Waals surface area contributed by atoms with Crippen molar-refractivity contribution >= 4 is 35.2 Å². The highest BCUT2D eigenvalue weighted by atomic mass is 35.5. The van der Waals surface area contributed by atoms with Crippen molar-refractivity contribution in [3.63, 3.8) is 0 Å². The van der Waals surface area contributed by atoms with Gasteiger partial charge in [-0.05, 0) is 24.6 Å². The molecule has 0 radical (unpaired) electrons. The molecule has 1 rings (SSSR count). The fourth-order valence-corrected chi connectivity index (χ4v) is 1.76. The number of rotatable bonds is 5. The van der Waals surface area contributed by atoms with Crippen LogP contribution in [0.25, 0.3) is 0 Å². The number of nitrogens with zero attached hydrogens (tertiary/aromatic N) is 1. The van der Waals surface area contributed by atoms with E-state index in [2.05, 4.69) is 11.6 Å². The zero-order chi connectivity index (χ0) is 18.0. The topological polar surface area (TPSA) is 95.9 Å². The van der Waals surface area contributed by atoms with Crippen LogP contribution in [0.2, 0.25) is 5.02 Å². The van der Waals surface area contributed by atoms with Crippen molar-refractivity contribution in [1.82, 2.24) is 0 Å². The molecule has 0 amide bonds. The Labute approximate surface area is 134 Å². The molecule has 0 aliphatic rings. The number of nitrogen functional groups attached to an aromatic ring is 1.